The maximum Gasteiger partial charge on any atom is 0.320 e. The molecule has 0 spiro atoms. The van der Waals surface area contributed by atoms with E-state index in [1.54, 1.807) is 0 Å². The van der Waals surface area contributed by atoms with Crippen molar-refractivity contribution in [3.63, 3.8) is 0 Å². The van der Waals surface area contributed by atoms with Gasteiger partial charge in [0.1, 0.15) is 19.3 Å². The van der Waals surface area contributed by atoms with Crippen LogP contribution >= 0.6 is 0 Å². The lowest BCUT2D eigenvalue weighted by molar-refractivity contribution is -0.148. The lowest BCUT2D eigenvalue weighted by Crippen LogP contribution is -2.47. The molecule has 2 aromatic rings. The van der Waals surface area contributed by atoms with Gasteiger partial charge in [-0.3, -0.25) is 9.69 Å². The molecular weight excluding hydrogens is 358 g/mol. The number of ether oxygens (including phenoxy) is 4. The van der Waals surface area contributed by atoms with Crippen molar-refractivity contribution in [2.45, 2.75) is 19.6 Å². The van der Waals surface area contributed by atoms with Gasteiger partial charge in [-0.1, -0.05) is 42.5 Å². The van der Waals surface area contributed by atoms with E-state index in [0.29, 0.717) is 45.3 Å². The van der Waals surface area contributed by atoms with Crippen molar-refractivity contribution in [1.29, 1.82) is 0 Å². The van der Waals surface area contributed by atoms with Crippen LogP contribution in [0.1, 0.15) is 12.5 Å². The molecule has 1 unspecified atom stereocenters. The van der Waals surface area contributed by atoms with Crippen LogP contribution in [0.2, 0.25) is 0 Å². The third kappa shape index (κ3) is 6.25. The van der Waals surface area contributed by atoms with Crippen molar-refractivity contribution in [3.8, 4) is 11.5 Å². The van der Waals surface area contributed by atoms with Crippen LogP contribution in [0.4, 0.5) is 0 Å². The Morgan fingerprint density at radius 1 is 1.07 bits per heavy atom. The lowest BCUT2D eigenvalue weighted by atomic mass is 10.2. The maximum absolute atomic E-state index is 12.1. The Balaban J connectivity index is 1.43. The number of nitrogens with zero attached hydrogens (tertiary/aromatic N) is 1. The first-order chi connectivity index (χ1) is 13.7. The van der Waals surface area contributed by atoms with Crippen molar-refractivity contribution in [2.24, 2.45) is 0 Å². The summed E-state index contributed by atoms with van der Waals surface area (Å²) < 4.78 is 22.6. The summed E-state index contributed by atoms with van der Waals surface area (Å²) in [6.45, 7) is 5.36. The standard InChI is InChI=1S/C22H27NO5/c1-2-25-20-10-6-7-11-21(20)27-17-19-14-23(12-13-26-19)15-22(24)28-16-18-8-4-3-5-9-18/h3-11,19H,2,12-17H2,1H3. The van der Waals surface area contributed by atoms with Crippen LogP contribution < -0.4 is 9.47 Å². The van der Waals surface area contributed by atoms with Gasteiger partial charge in [-0.15, -0.1) is 0 Å². The molecule has 6 nitrogen and oxygen atoms in total. The molecule has 0 bridgehead atoms. The third-order valence-corrected chi connectivity index (χ3v) is 4.39. The summed E-state index contributed by atoms with van der Waals surface area (Å²) in [5.41, 5.74) is 0.983. The first-order valence-corrected chi connectivity index (χ1v) is 9.62. The number of carbonyl (C=O) groups excluding carboxylic acids is 1. The number of hydrogen-bond donors (Lipinski definition) is 0. The number of rotatable bonds is 9. The molecule has 0 radical (unpaired) electrons. The van der Waals surface area contributed by atoms with E-state index in [-0.39, 0.29) is 18.6 Å². The van der Waals surface area contributed by atoms with Crippen LogP contribution in [-0.2, 0) is 20.9 Å². The minimum absolute atomic E-state index is 0.106. The minimum atomic E-state index is -0.230. The van der Waals surface area contributed by atoms with E-state index >= 15 is 0 Å². The smallest absolute Gasteiger partial charge is 0.320 e. The molecule has 1 aliphatic heterocycles. The predicted molar refractivity (Wildman–Crippen MR) is 106 cm³/mol. The molecule has 1 fully saturated rings. The number of morpholine rings is 1. The fourth-order valence-corrected chi connectivity index (χ4v) is 3.02. The molecule has 0 aromatic heterocycles. The number of benzene rings is 2. The summed E-state index contributed by atoms with van der Waals surface area (Å²) in [4.78, 5) is 14.2. The highest BCUT2D eigenvalue weighted by molar-refractivity contribution is 5.71. The van der Waals surface area contributed by atoms with E-state index in [9.17, 15) is 4.79 Å². The first-order valence-electron chi connectivity index (χ1n) is 9.62. The Labute approximate surface area is 166 Å². The van der Waals surface area contributed by atoms with Crippen LogP contribution in [0, 0.1) is 0 Å². The molecule has 0 amide bonds. The average molecular weight is 385 g/mol. The molecule has 28 heavy (non-hydrogen) atoms. The predicted octanol–water partition coefficient (Wildman–Crippen LogP) is 2.91. The average Bonchev–Trinajstić information content (AvgIpc) is 2.73. The van der Waals surface area contributed by atoms with Crippen LogP contribution in [0.3, 0.4) is 0 Å². The number of para-hydroxylation sites is 2. The normalized spacial score (nSPS) is 17.1. The second-order valence-corrected chi connectivity index (χ2v) is 6.56. The van der Waals surface area contributed by atoms with E-state index in [4.69, 9.17) is 18.9 Å². The number of carbonyl (C=O) groups is 1. The zero-order valence-electron chi connectivity index (χ0n) is 16.2. The second-order valence-electron chi connectivity index (χ2n) is 6.56. The molecule has 1 atom stereocenters. The molecule has 0 N–H and O–H groups in total. The maximum atomic E-state index is 12.1. The van der Waals surface area contributed by atoms with Gasteiger partial charge in [0.15, 0.2) is 11.5 Å². The van der Waals surface area contributed by atoms with Gasteiger partial charge in [-0.05, 0) is 24.6 Å². The van der Waals surface area contributed by atoms with Gasteiger partial charge < -0.3 is 18.9 Å². The van der Waals surface area contributed by atoms with Gasteiger partial charge in [-0.25, -0.2) is 0 Å². The van der Waals surface area contributed by atoms with Crippen LogP contribution in [-0.4, -0.2) is 56.4 Å². The summed E-state index contributed by atoms with van der Waals surface area (Å²) in [6, 6.07) is 17.3. The SMILES string of the molecule is CCOc1ccccc1OCC1CN(CC(=O)OCc2ccccc2)CCO1. The molecule has 1 saturated heterocycles. The van der Waals surface area contributed by atoms with Crippen molar-refractivity contribution in [3.05, 3.63) is 60.2 Å². The summed E-state index contributed by atoms with van der Waals surface area (Å²) in [5.74, 6) is 1.20. The van der Waals surface area contributed by atoms with Gasteiger partial charge >= 0.3 is 5.97 Å². The quantitative estimate of drug-likeness (QED) is 0.619. The molecule has 150 valence electrons. The molecule has 1 heterocycles. The molecule has 3 rings (SSSR count). The monoisotopic (exact) mass is 385 g/mol. The number of esters is 1. The Kier molecular flexibility index (Phi) is 7.70. The van der Waals surface area contributed by atoms with Gasteiger partial charge in [0.25, 0.3) is 0 Å². The summed E-state index contributed by atoms with van der Waals surface area (Å²) in [6.07, 6.45) is -0.106. The molecule has 0 aliphatic carbocycles. The van der Waals surface area contributed by atoms with Crippen molar-refractivity contribution in [2.75, 3.05) is 39.5 Å². The highest BCUT2D eigenvalue weighted by atomic mass is 16.6. The topological polar surface area (TPSA) is 57.2 Å². The minimum Gasteiger partial charge on any atom is -0.490 e. The van der Waals surface area contributed by atoms with Gasteiger partial charge in [0, 0.05) is 13.1 Å². The van der Waals surface area contributed by atoms with Crippen molar-refractivity contribution < 1.29 is 23.7 Å². The summed E-state index contributed by atoms with van der Waals surface area (Å²) in [7, 11) is 0. The van der Waals surface area contributed by atoms with Gasteiger partial charge in [-0.2, -0.15) is 0 Å². The zero-order valence-corrected chi connectivity index (χ0v) is 16.2. The third-order valence-electron chi connectivity index (χ3n) is 4.39. The fourth-order valence-electron chi connectivity index (χ4n) is 3.02. The highest BCUT2D eigenvalue weighted by Crippen LogP contribution is 2.26. The fraction of sp³-hybridized carbons (Fsp3) is 0.409. The second kappa shape index (κ2) is 10.7. The van der Waals surface area contributed by atoms with E-state index < -0.39 is 0 Å². The van der Waals surface area contributed by atoms with Crippen molar-refractivity contribution in [1.82, 2.24) is 4.90 Å². The molecule has 1 aliphatic rings. The summed E-state index contributed by atoms with van der Waals surface area (Å²) >= 11 is 0. The lowest BCUT2D eigenvalue weighted by Gasteiger charge is -2.32. The largest absolute Gasteiger partial charge is 0.490 e. The first kappa shape index (κ1) is 20.2. The van der Waals surface area contributed by atoms with Crippen molar-refractivity contribution >= 4 is 5.97 Å². The Hall–Kier alpha value is -2.57. The van der Waals surface area contributed by atoms with E-state index in [1.165, 1.54) is 0 Å². The highest BCUT2D eigenvalue weighted by Gasteiger charge is 2.23. The van der Waals surface area contributed by atoms with E-state index in [0.717, 1.165) is 11.3 Å². The van der Waals surface area contributed by atoms with E-state index in [2.05, 4.69) is 0 Å². The Bertz CT molecular complexity index is 737. The Morgan fingerprint density at radius 2 is 1.79 bits per heavy atom. The molecular formula is C22H27NO5. The zero-order chi connectivity index (χ0) is 19.6. The Morgan fingerprint density at radius 3 is 2.54 bits per heavy atom. The molecule has 6 heteroatoms. The van der Waals surface area contributed by atoms with Crippen LogP contribution in [0.15, 0.2) is 54.6 Å². The number of hydrogen-bond acceptors (Lipinski definition) is 6. The van der Waals surface area contributed by atoms with Gasteiger partial charge in [0.2, 0.25) is 0 Å². The van der Waals surface area contributed by atoms with Gasteiger partial charge in [0.05, 0.1) is 19.8 Å². The molecule has 0 saturated carbocycles. The van der Waals surface area contributed by atoms with Crippen LogP contribution in [0.5, 0.6) is 11.5 Å². The van der Waals surface area contributed by atoms with Crippen LogP contribution in [0.25, 0.3) is 0 Å². The summed E-state index contributed by atoms with van der Waals surface area (Å²) in [5, 5.41) is 0. The van der Waals surface area contributed by atoms with E-state index in [1.807, 2.05) is 66.4 Å². The molecule has 2 aromatic carbocycles.